The highest BCUT2D eigenvalue weighted by Crippen LogP contribution is 2.24. The van der Waals surface area contributed by atoms with Crippen molar-refractivity contribution in [2.75, 3.05) is 5.73 Å². The minimum absolute atomic E-state index is 0.226. The number of halogens is 1. The summed E-state index contributed by atoms with van der Waals surface area (Å²) >= 11 is 0. The molecule has 1 aliphatic rings. The van der Waals surface area contributed by atoms with Crippen LogP contribution in [0.2, 0.25) is 0 Å². The van der Waals surface area contributed by atoms with Gasteiger partial charge in [0.05, 0.1) is 6.10 Å². The molecule has 0 radical (unpaired) electrons. The second-order valence-corrected chi connectivity index (χ2v) is 4.45. The van der Waals surface area contributed by atoms with Crippen molar-refractivity contribution < 1.29 is 9.13 Å². The van der Waals surface area contributed by atoms with Crippen LogP contribution in [0.4, 0.5) is 10.1 Å². The van der Waals surface area contributed by atoms with Crippen LogP contribution in [0.3, 0.4) is 0 Å². The van der Waals surface area contributed by atoms with Gasteiger partial charge in [-0.25, -0.2) is 4.39 Å². The summed E-state index contributed by atoms with van der Waals surface area (Å²) < 4.78 is 18.9. The second kappa shape index (κ2) is 5.19. The van der Waals surface area contributed by atoms with Crippen LogP contribution in [0.25, 0.3) is 0 Å². The maximum atomic E-state index is 13.1. The van der Waals surface area contributed by atoms with Gasteiger partial charge in [0, 0.05) is 17.8 Å². The molecule has 3 heteroatoms. The van der Waals surface area contributed by atoms with Crippen molar-refractivity contribution in [2.45, 2.75) is 44.6 Å². The first-order chi connectivity index (χ1) is 7.74. The Bertz CT molecular complexity index is 326. The molecule has 0 saturated heterocycles. The van der Waals surface area contributed by atoms with Gasteiger partial charge in [-0.3, -0.25) is 0 Å². The molecule has 2 nitrogen and oxygen atoms in total. The van der Waals surface area contributed by atoms with Crippen molar-refractivity contribution >= 4 is 5.69 Å². The summed E-state index contributed by atoms with van der Waals surface area (Å²) in [6.45, 7) is 0. The van der Waals surface area contributed by atoms with Gasteiger partial charge >= 0.3 is 0 Å². The Hall–Kier alpha value is -1.25. The second-order valence-electron chi connectivity index (χ2n) is 4.45. The van der Waals surface area contributed by atoms with Crippen molar-refractivity contribution in [1.82, 2.24) is 0 Å². The van der Waals surface area contributed by atoms with E-state index >= 15 is 0 Å². The van der Waals surface area contributed by atoms with E-state index in [0.29, 0.717) is 11.4 Å². The highest BCUT2D eigenvalue weighted by atomic mass is 19.1. The lowest BCUT2D eigenvalue weighted by Gasteiger charge is -2.17. The van der Waals surface area contributed by atoms with E-state index in [1.807, 2.05) is 0 Å². The fourth-order valence-corrected chi connectivity index (χ4v) is 2.20. The molecule has 0 aliphatic heterocycles. The highest BCUT2D eigenvalue weighted by Gasteiger charge is 2.14. The van der Waals surface area contributed by atoms with Crippen LogP contribution in [0.1, 0.15) is 38.5 Å². The SMILES string of the molecule is Nc1cc(F)cc(OC2CCCCCC2)c1. The van der Waals surface area contributed by atoms with Crippen molar-refractivity contribution in [2.24, 2.45) is 0 Å². The van der Waals surface area contributed by atoms with E-state index in [-0.39, 0.29) is 11.9 Å². The first-order valence-electron chi connectivity index (χ1n) is 5.97. The molecular formula is C13H18FNO. The van der Waals surface area contributed by atoms with Gasteiger partial charge in [0.1, 0.15) is 11.6 Å². The minimum atomic E-state index is -0.330. The zero-order valence-corrected chi connectivity index (χ0v) is 9.42. The Kier molecular flexibility index (Phi) is 3.65. The molecule has 0 amide bonds. The number of nitrogens with two attached hydrogens (primary N) is 1. The molecule has 2 rings (SSSR count). The van der Waals surface area contributed by atoms with Crippen LogP contribution < -0.4 is 10.5 Å². The molecule has 0 aromatic heterocycles. The third-order valence-corrected chi connectivity index (χ3v) is 3.00. The fourth-order valence-electron chi connectivity index (χ4n) is 2.20. The lowest BCUT2D eigenvalue weighted by Crippen LogP contribution is -2.15. The van der Waals surface area contributed by atoms with E-state index in [0.717, 1.165) is 12.8 Å². The molecular weight excluding hydrogens is 205 g/mol. The van der Waals surface area contributed by atoms with Crippen molar-refractivity contribution in [3.05, 3.63) is 24.0 Å². The van der Waals surface area contributed by atoms with E-state index in [1.54, 1.807) is 6.07 Å². The number of anilines is 1. The molecule has 0 spiro atoms. The number of rotatable bonds is 2. The summed E-state index contributed by atoms with van der Waals surface area (Å²) in [5.74, 6) is 0.230. The third kappa shape index (κ3) is 3.12. The molecule has 0 atom stereocenters. The Balaban J connectivity index is 2.01. The van der Waals surface area contributed by atoms with Crippen LogP contribution in [0.5, 0.6) is 5.75 Å². The maximum Gasteiger partial charge on any atom is 0.128 e. The lowest BCUT2D eigenvalue weighted by atomic mass is 10.1. The van der Waals surface area contributed by atoms with Gasteiger partial charge in [-0.2, -0.15) is 0 Å². The zero-order chi connectivity index (χ0) is 11.4. The van der Waals surface area contributed by atoms with Gasteiger partial charge in [-0.15, -0.1) is 0 Å². The quantitative estimate of drug-likeness (QED) is 0.615. The number of nitrogen functional groups attached to an aromatic ring is 1. The molecule has 1 aliphatic carbocycles. The predicted octanol–water partition coefficient (Wildman–Crippen LogP) is 3.51. The van der Waals surface area contributed by atoms with E-state index in [4.69, 9.17) is 10.5 Å². The van der Waals surface area contributed by atoms with E-state index in [9.17, 15) is 4.39 Å². The zero-order valence-electron chi connectivity index (χ0n) is 9.42. The molecule has 1 aromatic rings. The number of hydrogen-bond donors (Lipinski definition) is 1. The molecule has 0 bridgehead atoms. The first kappa shape index (κ1) is 11.2. The van der Waals surface area contributed by atoms with Crippen molar-refractivity contribution in [3.8, 4) is 5.75 Å². The largest absolute Gasteiger partial charge is 0.490 e. The lowest BCUT2D eigenvalue weighted by molar-refractivity contribution is 0.183. The molecule has 1 saturated carbocycles. The Morgan fingerprint density at radius 1 is 1.06 bits per heavy atom. The number of benzene rings is 1. The average molecular weight is 223 g/mol. The van der Waals surface area contributed by atoms with Crippen LogP contribution >= 0.6 is 0 Å². The van der Waals surface area contributed by atoms with Gasteiger partial charge in [-0.1, -0.05) is 12.8 Å². The van der Waals surface area contributed by atoms with E-state index in [1.165, 1.54) is 37.8 Å². The monoisotopic (exact) mass is 223 g/mol. The molecule has 88 valence electrons. The van der Waals surface area contributed by atoms with Crippen molar-refractivity contribution in [3.63, 3.8) is 0 Å². The minimum Gasteiger partial charge on any atom is -0.490 e. The number of ether oxygens (including phenoxy) is 1. The molecule has 0 heterocycles. The van der Waals surface area contributed by atoms with E-state index in [2.05, 4.69) is 0 Å². The summed E-state index contributed by atoms with van der Waals surface area (Å²) in [7, 11) is 0. The molecule has 2 N–H and O–H groups in total. The van der Waals surface area contributed by atoms with Crippen LogP contribution in [-0.4, -0.2) is 6.10 Å². The maximum absolute atomic E-state index is 13.1. The normalized spacial score (nSPS) is 18.1. The van der Waals surface area contributed by atoms with Gasteiger partial charge in [-0.05, 0) is 31.7 Å². The summed E-state index contributed by atoms with van der Waals surface area (Å²) in [4.78, 5) is 0. The standard InChI is InChI=1S/C13H18FNO/c14-10-7-11(15)9-13(8-10)16-12-5-3-1-2-4-6-12/h7-9,12H,1-6,15H2. The predicted molar refractivity (Wildman–Crippen MR) is 62.9 cm³/mol. The summed E-state index contributed by atoms with van der Waals surface area (Å²) in [5.41, 5.74) is 6.00. The fraction of sp³-hybridized carbons (Fsp3) is 0.538. The summed E-state index contributed by atoms with van der Waals surface area (Å²) in [6.07, 6.45) is 7.33. The average Bonchev–Trinajstić information content (AvgIpc) is 2.44. The van der Waals surface area contributed by atoms with Gasteiger partial charge in [0.15, 0.2) is 0 Å². The summed E-state index contributed by atoms with van der Waals surface area (Å²) in [5, 5.41) is 0. The van der Waals surface area contributed by atoms with Crippen LogP contribution in [0, 0.1) is 5.82 Å². The molecule has 1 fully saturated rings. The topological polar surface area (TPSA) is 35.2 Å². The number of hydrogen-bond acceptors (Lipinski definition) is 2. The Morgan fingerprint density at radius 3 is 2.38 bits per heavy atom. The summed E-state index contributed by atoms with van der Waals surface area (Å²) in [6, 6.07) is 4.40. The molecule has 0 unspecified atom stereocenters. The van der Waals surface area contributed by atoms with Crippen molar-refractivity contribution in [1.29, 1.82) is 0 Å². The Labute approximate surface area is 95.6 Å². The van der Waals surface area contributed by atoms with E-state index < -0.39 is 0 Å². The molecule has 1 aromatic carbocycles. The third-order valence-electron chi connectivity index (χ3n) is 3.00. The Morgan fingerprint density at radius 2 is 1.75 bits per heavy atom. The van der Waals surface area contributed by atoms with Gasteiger partial charge in [0.2, 0.25) is 0 Å². The first-order valence-corrected chi connectivity index (χ1v) is 5.97. The van der Waals surface area contributed by atoms with Gasteiger partial charge in [0.25, 0.3) is 0 Å². The van der Waals surface area contributed by atoms with Gasteiger partial charge < -0.3 is 10.5 Å². The molecule has 16 heavy (non-hydrogen) atoms. The smallest absolute Gasteiger partial charge is 0.128 e. The van der Waals surface area contributed by atoms with Crippen LogP contribution in [-0.2, 0) is 0 Å². The van der Waals surface area contributed by atoms with Crippen LogP contribution in [0.15, 0.2) is 18.2 Å². The highest BCUT2D eigenvalue weighted by molar-refractivity contribution is 5.44.